The summed E-state index contributed by atoms with van der Waals surface area (Å²) < 4.78 is 11.3. The molecule has 0 aliphatic heterocycles. The number of benzene rings is 1. The molecule has 1 aromatic carbocycles. The van der Waals surface area contributed by atoms with E-state index in [1.165, 1.54) is 11.3 Å². The van der Waals surface area contributed by atoms with Crippen LogP contribution in [0.5, 0.6) is 11.5 Å². The van der Waals surface area contributed by atoms with Gasteiger partial charge in [-0.15, -0.1) is 11.3 Å². The fraction of sp³-hybridized carbons (Fsp3) is 0.312. The largest absolute Gasteiger partial charge is 0.496 e. The first-order valence-electron chi connectivity index (χ1n) is 6.75. The van der Waals surface area contributed by atoms with E-state index in [4.69, 9.17) is 21.1 Å². The first-order valence-corrected chi connectivity index (χ1v) is 7.94. The molecule has 4 nitrogen and oxygen atoms in total. The molecule has 1 N–H and O–H groups in total. The van der Waals surface area contributed by atoms with Gasteiger partial charge in [0.25, 0.3) is 5.91 Å². The van der Waals surface area contributed by atoms with Gasteiger partial charge in [0.15, 0.2) is 0 Å². The number of amides is 1. The maximum absolute atomic E-state index is 12.4. The second kappa shape index (κ2) is 7.03. The topological polar surface area (TPSA) is 47.6 Å². The van der Waals surface area contributed by atoms with Crippen molar-refractivity contribution in [1.82, 2.24) is 5.32 Å². The molecule has 0 saturated heterocycles. The number of halogens is 1. The molecule has 2 rings (SSSR count). The Balaban J connectivity index is 2.22. The molecular formula is C16H18ClNO3S. The van der Waals surface area contributed by atoms with Gasteiger partial charge in [-0.25, -0.2) is 0 Å². The lowest BCUT2D eigenvalue weighted by Crippen LogP contribution is -2.26. The van der Waals surface area contributed by atoms with Crippen molar-refractivity contribution in [3.05, 3.63) is 44.6 Å². The zero-order valence-corrected chi connectivity index (χ0v) is 14.5. The number of carbonyl (C=O) groups is 1. The van der Waals surface area contributed by atoms with Crippen LogP contribution in [0.25, 0.3) is 0 Å². The molecule has 1 amide bonds. The molecule has 1 heterocycles. The number of hydrogen-bond acceptors (Lipinski definition) is 4. The monoisotopic (exact) mass is 339 g/mol. The van der Waals surface area contributed by atoms with E-state index < -0.39 is 0 Å². The van der Waals surface area contributed by atoms with Crippen molar-refractivity contribution in [3.63, 3.8) is 0 Å². The third-order valence-corrected chi connectivity index (χ3v) is 4.80. The number of carbonyl (C=O) groups excluding carboxylic acids is 1. The van der Waals surface area contributed by atoms with E-state index in [1.807, 2.05) is 26.0 Å². The van der Waals surface area contributed by atoms with Gasteiger partial charge in [-0.1, -0.05) is 11.6 Å². The molecule has 2 aromatic rings. The van der Waals surface area contributed by atoms with Gasteiger partial charge in [0.2, 0.25) is 0 Å². The van der Waals surface area contributed by atoms with E-state index in [1.54, 1.807) is 26.4 Å². The zero-order valence-electron chi connectivity index (χ0n) is 12.9. The van der Waals surface area contributed by atoms with Crippen molar-refractivity contribution in [2.24, 2.45) is 0 Å². The van der Waals surface area contributed by atoms with Crippen LogP contribution in [0.2, 0.25) is 4.34 Å². The standard InChI is InChI=1S/C16H18ClNO3S/c1-9-12(20-3)7-11(8-13(9)21-4)16(19)18-10(2)14-5-6-15(17)22-14/h5-8,10H,1-4H3,(H,18,19). The third-order valence-electron chi connectivity index (χ3n) is 3.38. The Hall–Kier alpha value is -1.72. The molecule has 118 valence electrons. The Morgan fingerprint density at radius 3 is 2.27 bits per heavy atom. The van der Waals surface area contributed by atoms with Crippen LogP contribution in [0, 0.1) is 6.92 Å². The van der Waals surface area contributed by atoms with E-state index in [-0.39, 0.29) is 11.9 Å². The number of hydrogen-bond donors (Lipinski definition) is 1. The van der Waals surface area contributed by atoms with Crippen molar-refractivity contribution < 1.29 is 14.3 Å². The third kappa shape index (κ3) is 3.54. The van der Waals surface area contributed by atoms with Crippen molar-refractivity contribution in [2.45, 2.75) is 19.9 Å². The smallest absolute Gasteiger partial charge is 0.252 e. The van der Waals surface area contributed by atoms with E-state index in [0.29, 0.717) is 21.4 Å². The Morgan fingerprint density at radius 2 is 1.82 bits per heavy atom. The molecule has 1 unspecified atom stereocenters. The molecule has 0 saturated carbocycles. The second-order valence-corrected chi connectivity index (χ2v) is 6.59. The predicted octanol–water partition coefficient (Wildman–Crippen LogP) is 4.22. The zero-order chi connectivity index (χ0) is 16.3. The highest BCUT2D eigenvalue weighted by atomic mass is 35.5. The van der Waals surface area contributed by atoms with Crippen LogP contribution < -0.4 is 14.8 Å². The van der Waals surface area contributed by atoms with Gasteiger partial charge in [-0.05, 0) is 38.1 Å². The van der Waals surface area contributed by atoms with E-state index in [9.17, 15) is 4.79 Å². The average Bonchev–Trinajstić information content (AvgIpc) is 2.94. The number of thiophene rings is 1. The lowest BCUT2D eigenvalue weighted by Gasteiger charge is -2.15. The van der Waals surface area contributed by atoms with Crippen LogP contribution >= 0.6 is 22.9 Å². The minimum atomic E-state index is -0.186. The highest BCUT2D eigenvalue weighted by Crippen LogP contribution is 2.30. The highest BCUT2D eigenvalue weighted by molar-refractivity contribution is 7.16. The number of methoxy groups -OCH3 is 2. The van der Waals surface area contributed by atoms with Gasteiger partial charge in [0, 0.05) is 16.0 Å². The SMILES string of the molecule is COc1cc(C(=O)NC(C)c2ccc(Cl)s2)cc(OC)c1C. The summed E-state index contributed by atoms with van der Waals surface area (Å²) in [6.45, 7) is 3.80. The van der Waals surface area contributed by atoms with E-state index >= 15 is 0 Å². The van der Waals surface area contributed by atoms with E-state index in [2.05, 4.69) is 5.32 Å². The molecular weight excluding hydrogens is 322 g/mol. The fourth-order valence-corrected chi connectivity index (χ4v) is 3.19. The first-order chi connectivity index (χ1) is 10.5. The lowest BCUT2D eigenvalue weighted by atomic mass is 10.1. The molecule has 1 aromatic heterocycles. The molecule has 22 heavy (non-hydrogen) atoms. The summed E-state index contributed by atoms with van der Waals surface area (Å²) in [6.07, 6.45) is 0. The van der Waals surface area contributed by atoms with E-state index in [0.717, 1.165) is 10.4 Å². The van der Waals surface area contributed by atoms with Crippen molar-refractivity contribution in [2.75, 3.05) is 14.2 Å². The lowest BCUT2D eigenvalue weighted by molar-refractivity contribution is 0.0939. The predicted molar refractivity (Wildman–Crippen MR) is 89.5 cm³/mol. The summed E-state index contributed by atoms with van der Waals surface area (Å²) in [5.41, 5.74) is 1.36. The van der Waals surface area contributed by atoms with Gasteiger partial charge < -0.3 is 14.8 Å². The van der Waals surface area contributed by atoms with Crippen molar-refractivity contribution >= 4 is 28.8 Å². The molecule has 1 atom stereocenters. The van der Waals surface area contributed by atoms with Gasteiger partial charge >= 0.3 is 0 Å². The number of rotatable bonds is 5. The molecule has 0 radical (unpaired) electrons. The summed E-state index contributed by atoms with van der Waals surface area (Å²) >= 11 is 7.38. The summed E-state index contributed by atoms with van der Waals surface area (Å²) in [6, 6.07) is 7.03. The molecule has 0 spiro atoms. The molecule has 0 aliphatic carbocycles. The van der Waals surface area contributed by atoms with Crippen LogP contribution in [0.3, 0.4) is 0 Å². The van der Waals surface area contributed by atoms with Crippen LogP contribution in [0.4, 0.5) is 0 Å². The normalized spacial score (nSPS) is 11.9. The number of ether oxygens (including phenoxy) is 2. The molecule has 0 fully saturated rings. The minimum Gasteiger partial charge on any atom is -0.496 e. The Morgan fingerprint density at radius 1 is 1.23 bits per heavy atom. The van der Waals surface area contributed by atoms with Crippen LogP contribution in [0.1, 0.15) is 33.8 Å². The molecule has 6 heteroatoms. The summed E-state index contributed by atoms with van der Waals surface area (Å²) in [4.78, 5) is 13.4. The summed E-state index contributed by atoms with van der Waals surface area (Å²) in [5.74, 6) is 1.06. The molecule has 0 aliphatic rings. The Labute approximate surface area is 139 Å². The van der Waals surface area contributed by atoms with Gasteiger partial charge in [-0.3, -0.25) is 4.79 Å². The minimum absolute atomic E-state index is 0.122. The van der Waals surface area contributed by atoms with Gasteiger partial charge in [0.1, 0.15) is 11.5 Å². The highest BCUT2D eigenvalue weighted by Gasteiger charge is 2.16. The number of nitrogens with one attached hydrogen (secondary N) is 1. The first kappa shape index (κ1) is 16.6. The van der Waals surface area contributed by atoms with Crippen LogP contribution in [-0.2, 0) is 0 Å². The van der Waals surface area contributed by atoms with Crippen LogP contribution in [-0.4, -0.2) is 20.1 Å². The van der Waals surface area contributed by atoms with Crippen molar-refractivity contribution in [3.8, 4) is 11.5 Å². The maximum atomic E-state index is 12.4. The summed E-state index contributed by atoms with van der Waals surface area (Å²) in [7, 11) is 3.14. The quantitative estimate of drug-likeness (QED) is 0.887. The van der Waals surface area contributed by atoms with Gasteiger partial charge in [-0.2, -0.15) is 0 Å². The molecule has 0 bridgehead atoms. The maximum Gasteiger partial charge on any atom is 0.252 e. The van der Waals surface area contributed by atoms with Gasteiger partial charge in [0.05, 0.1) is 24.6 Å². The second-order valence-electron chi connectivity index (χ2n) is 4.84. The Bertz CT molecular complexity index is 659. The summed E-state index contributed by atoms with van der Waals surface area (Å²) in [5, 5.41) is 2.95. The van der Waals surface area contributed by atoms with Crippen LogP contribution in [0.15, 0.2) is 24.3 Å². The van der Waals surface area contributed by atoms with Crippen molar-refractivity contribution in [1.29, 1.82) is 0 Å². The Kier molecular flexibility index (Phi) is 5.32. The average molecular weight is 340 g/mol. The fourth-order valence-electron chi connectivity index (χ4n) is 2.13.